The third kappa shape index (κ3) is 4.15. The second-order valence-electron chi connectivity index (χ2n) is 4.46. The van der Waals surface area contributed by atoms with Gasteiger partial charge in [-0.1, -0.05) is 12.2 Å². The summed E-state index contributed by atoms with van der Waals surface area (Å²) in [6.07, 6.45) is 1.51. The van der Waals surface area contributed by atoms with Crippen molar-refractivity contribution in [1.29, 1.82) is 0 Å². The van der Waals surface area contributed by atoms with Gasteiger partial charge in [-0.3, -0.25) is 4.72 Å². The lowest BCUT2D eigenvalue weighted by Crippen LogP contribution is -2.25. The highest BCUT2D eigenvalue weighted by Crippen LogP contribution is 2.16. The molecule has 0 aliphatic carbocycles. The molecule has 0 saturated carbocycles. The molecule has 0 bridgehead atoms. The molecule has 1 saturated heterocycles. The van der Waals surface area contributed by atoms with Gasteiger partial charge in [-0.2, -0.15) is 0 Å². The number of nitrogens with two attached hydrogens (primary N) is 1. The summed E-state index contributed by atoms with van der Waals surface area (Å²) >= 11 is 4.83. The molecule has 1 aromatic carbocycles. The standard InChI is InChI=1S/C12H16N2O3S2/c13-12(18)9-3-5-10(6-4-9)14-19(15,16)8-11-2-1-7-17-11/h3-6,11,14H,1-2,7-8H2,(H2,13,18). The van der Waals surface area contributed by atoms with Crippen molar-refractivity contribution in [2.24, 2.45) is 5.73 Å². The minimum atomic E-state index is -3.39. The molecule has 0 aromatic heterocycles. The lowest BCUT2D eigenvalue weighted by Gasteiger charge is -2.12. The van der Waals surface area contributed by atoms with Gasteiger partial charge >= 0.3 is 0 Å². The summed E-state index contributed by atoms with van der Waals surface area (Å²) < 4.78 is 31.7. The summed E-state index contributed by atoms with van der Waals surface area (Å²) in [5.74, 6) is -0.00987. The number of sulfonamides is 1. The molecule has 5 nitrogen and oxygen atoms in total. The zero-order valence-electron chi connectivity index (χ0n) is 10.3. The highest BCUT2D eigenvalue weighted by Gasteiger charge is 2.23. The van der Waals surface area contributed by atoms with Crippen molar-refractivity contribution in [1.82, 2.24) is 0 Å². The Labute approximate surface area is 118 Å². The Hall–Kier alpha value is -1.18. The minimum absolute atomic E-state index is 0.00987. The molecule has 104 valence electrons. The molecule has 19 heavy (non-hydrogen) atoms. The summed E-state index contributed by atoms with van der Waals surface area (Å²) in [5.41, 5.74) is 6.68. The first kappa shape index (κ1) is 14.2. The molecule has 7 heteroatoms. The molecule has 1 unspecified atom stereocenters. The van der Waals surface area contributed by atoms with E-state index in [9.17, 15) is 8.42 Å². The summed E-state index contributed by atoms with van der Waals surface area (Å²) in [6.45, 7) is 0.642. The number of hydrogen-bond donors (Lipinski definition) is 2. The van der Waals surface area contributed by atoms with E-state index in [1.165, 1.54) is 0 Å². The molecule has 1 fully saturated rings. The van der Waals surface area contributed by atoms with Gasteiger partial charge in [0.05, 0.1) is 11.9 Å². The predicted octanol–water partition coefficient (Wildman–Crippen LogP) is 1.24. The number of anilines is 1. The maximum Gasteiger partial charge on any atom is 0.235 e. The number of ether oxygens (including phenoxy) is 1. The first-order valence-corrected chi connectivity index (χ1v) is 8.04. The van der Waals surface area contributed by atoms with Gasteiger partial charge in [0.15, 0.2) is 0 Å². The average molecular weight is 300 g/mol. The van der Waals surface area contributed by atoms with E-state index in [-0.39, 0.29) is 16.8 Å². The van der Waals surface area contributed by atoms with Gasteiger partial charge in [0, 0.05) is 17.9 Å². The third-order valence-corrected chi connectivity index (χ3v) is 4.47. The topological polar surface area (TPSA) is 81.4 Å². The molecule has 1 aromatic rings. The van der Waals surface area contributed by atoms with Crippen LogP contribution in [0.3, 0.4) is 0 Å². The number of hydrogen-bond acceptors (Lipinski definition) is 4. The summed E-state index contributed by atoms with van der Waals surface area (Å²) in [5, 5.41) is 0. The fraction of sp³-hybridized carbons (Fsp3) is 0.417. The van der Waals surface area contributed by atoms with Crippen molar-refractivity contribution in [3.05, 3.63) is 29.8 Å². The van der Waals surface area contributed by atoms with E-state index in [0.29, 0.717) is 17.9 Å². The summed E-state index contributed by atoms with van der Waals surface area (Å²) in [6, 6.07) is 6.65. The number of benzene rings is 1. The molecule has 2 rings (SSSR count). The smallest absolute Gasteiger partial charge is 0.235 e. The van der Waals surface area contributed by atoms with Gasteiger partial charge in [0.1, 0.15) is 4.99 Å². The van der Waals surface area contributed by atoms with E-state index in [4.69, 9.17) is 22.7 Å². The minimum Gasteiger partial charge on any atom is -0.389 e. The third-order valence-electron chi connectivity index (χ3n) is 2.87. The van der Waals surface area contributed by atoms with Crippen LogP contribution in [-0.4, -0.2) is 31.9 Å². The zero-order valence-corrected chi connectivity index (χ0v) is 12.0. The molecule has 1 aliphatic rings. The number of nitrogens with one attached hydrogen (secondary N) is 1. The Kier molecular flexibility index (Phi) is 4.38. The number of rotatable bonds is 5. The summed E-state index contributed by atoms with van der Waals surface area (Å²) in [4.78, 5) is 0.286. The van der Waals surface area contributed by atoms with E-state index < -0.39 is 10.0 Å². The molecular weight excluding hydrogens is 284 g/mol. The van der Waals surface area contributed by atoms with E-state index in [2.05, 4.69) is 4.72 Å². The van der Waals surface area contributed by atoms with Crippen molar-refractivity contribution in [2.45, 2.75) is 18.9 Å². The van der Waals surface area contributed by atoms with Crippen molar-refractivity contribution in [3.63, 3.8) is 0 Å². The van der Waals surface area contributed by atoms with Crippen LogP contribution in [0.4, 0.5) is 5.69 Å². The average Bonchev–Trinajstić information content (AvgIpc) is 2.81. The van der Waals surface area contributed by atoms with Crippen LogP contribution in [0, 0.1) is 0 Å². The van der Waals surface area contributed by atoms with E-state index in [1.54, 1.807) is 24.3 Å². The van der Waals surface area contributed by atoms with Gasteiger partial charge in [-0.05, 0) is 37.1 Å². The van der Waals surface area contributed by atoms with E-state index in [0.717, 1.165) is 12.8 Å². The predicted molar refractivity (Wildman–Crippen MR) is 78.7 cm³/mol. The lowest BCUT2D eigenvalue weighted by molar-refractivity contribution is 0.127. The maximum atomic E-state index is 11.9. The fourth-order valence-electron chi connectivity index (χ4n) is 1.94. The molecule has 0 amide bonds. The summed E-state index contributed by atoms with van der Waals surface area (Å²) in [7, 11) is -3.39. The lowest BCUT2D eigenvalue weighted by atomic mass is 10.2. The SMILES string of the molecule is NC(=S)c1ccc(NS(=O)(=O)CC2CCCO2)cc1. The van der Waals surface area contributed by atoms with Crippen LogP contribution in [0.5, 0.6) is 0 Å². The van der Waals surface area contributed by atoms with Crippen LogP contribution in [0.1, 0.15) is 18.4 Å². The Morgan fingerprint density at radius 2 is 2.11 bits per heavy atom. The highest BCUT2D eigenvalue weighted by atomic mass is 32.2. The second kappa shape index (κ2) is 5.85. The zero-order chi connectivity index (χ0) is 13.9. The molecule has 1 aliphatic heterocycles. The van der Waals surface area contributed by atoms with Gasteiger partial charge in [0.2, 0.25) is 10.0 Å². The molecule has 3 N–H and O–H groups in total. The van der Waals surface area contributed by atoms with Crippen LogP contribution in [-0.2, 0) is 14.8 Å². The normalized spacial score (nSPS) is 19.3. The van der Waals surface area contributed by atoms with E-state index in [1.807, 2.05) is 0 Å². The first-order chi connectivity index (χ1) is 8.96. The van der Waals surface area contributed by atoms with E-state index >= 15 is 0 Å². The van der Waals surface area contributed by atoms with Gasteiger partial charge in [-0.15, -0.1) is 0 Å². The van der Waals surface area contributed by atoms with Crippen molar-refractivity contribution >= 4 is 32.9 Å². The second-order valence-corrected chi connectivity index (χ2v) is 6.67. The van der Waals surface area contributed by atoms with Crippen molar-refractivity contribution < 1.29 is 13.2 Å². The fourth-order valence-corrected chi connectivity index (χ4v) is 3.41. The van der Waals surface area contributed by atoms with Crippen molar-refractivity contribution in [2.75, 3.05) is 17.1 Å². The molecule has 0 radical (unpaired) electrons. The Bertz CT molecular complexity index is 549. The number of thiocarbonyl (C=S) groups is 1. The monoisotopic (exact) mass is 300 g/mol. The first-order valence-electron chi connectivity index (χ1n) is 5.98. The molecular formula is C12H16N2O3S2. The molecule has 0 spiro atoms. The Morgan fingerprint density at radius 1 is 1.42 bits per heavy atom. The van der Waals surface area contributed by atoms with Crippen LogP contribution < -0.4 is 10.5 Å². The quantitative estimate of drug-likeness (QED) is 0.800. The van der Waals surface area contributed by atoms with Gasteiger partial charge < -0.3 is 10.5 Å². The Morgan fingerprint density at radius 3 is 2.63 bits per heavy atom. The largest absolute Gasteiger partial charge is 0.389 e. The van der Waals surface area contributed by atoms with Crippen LogP contribution in [0.25, 0.3) is 0 Å². The van der Waals surface area contributed by atoms with Crippen LogP contribution in [0.15, 0.2) is 24.3 Å². The maximum absolute atomic E-state index is 11.9. The molecule has 1 atom stereocenters. The van der Waals surface area contributed by atoms with Gasteiger partial charge in [-0.25, -0.2) is 8.42 Å². The van der Waals surface area contributed by atoms with Crippen LogP contribution >= 0.6 is 12.2 Å². The van der Waals surface area contributed by atoms with Gasteiger partial charge in [0.25, 0.3) is 0 Å². The van der Waals surface area contributed by atoms with Crippen molar-refractivity contribution in [3.8, 4) is 0 Å². The van der Waals surface area contributed by atoms with Crippen LogP contribution in [0.2, 0.25) is 0 Å². The Balaban J connectivity index is 2.00. The molecule has 1 heterocycles. The highest BCUT2D eigenvalue weighted by molar-refractivity contribution is 7.92.